The third-order valence-electron chi connectivity index (χ3n) is 2.24. The third-order valence-corrected chi connectivity index (χ3v) is 2.85. The van der Waals surface area contributed by atoms with Crippen LogP contribution in [0.4, 0.5) is 0 Å². The van der Waals surface area contributed by atoms with Crippen molar-refractivity contribution in [2.24, 2.45) is 0 Å². The topological polar surface area (TPSA) is 40.5 Å². The predicted octanol–water partition coefficient (Wildman–Crippen LogP) is 1.14. The summed E-state index contributed by atoms with van der Waals surface area (Å²) in [5.41, 5.74) is -0.719. The molecule has 0 spiro atoms. The van der Waals surface area contributed by atoms with Crippen LogP contribution in [0.5, 0.6) is 0 Å². The first kappa shape index (κ1) is 11.8. The van der Waals surface area contributed by atoms with Crippen molar-refractivity contribution in [3.05, 3.63) is 0 Å². The average molecular weight is 191 g/mol. The molecule has 4 heteroatoms. The molecule has 0 aromatic carbocycles. The molecule has 12 heavy (non-hydrogen) atoms. The number of rotatable bonds is 5. The number of aliphatic carboxylic acids is 1. The summed E-state index contributed by atoms with van der Waals surface area (Å²) < 4.78 is 0. The van der Waals surface area contributed by atoms with E-state index in [9.17, 15) is 4.79 Å². The summed E-state index contributed by atoms with van der Waals surface area (Å²) >= 11 is 1.67. The molecule has 0 amide bonds. The maximum Gasteiger partial charge on any atom is 0.323 e. The van der Waals surface area contributed by atoms with Crippen LogP contribution in [0.3, 0.4) is 0 Å². The van der Waals surface area contributed by atoms with E-state index >= 15 is 0 Å². The molecule has 0 bridgehead atoms. The highest BCUT2D eigenvalue weighted by Gasteiger charge is 2.34. The molecule has 0 aromatic heterocycles. The van der Waals surface area contributed by atoms with E-state index in [2.05, 4.69) is 0 Å². The van der Waals surface area contributed by atoms with Crippen molar-refractivity contribution in [3.63, 3.8) is 0 Å². The van der Waals surface area contributed by atoms with Crippen LogP contribution >= 0.6 is 11.8 Å². The van der Waals surface area contributed by atoms with Crippen molar-refractivity contribution in [1.82, 2.24) is 4.90 Å². The number of thioether (sulfide) groups is 1. The molecule has 0 heterocycles. The second-order valence-electron chi connectivity index (χ2n) is 3.22. The Morgan fingerprint density at radius 3 is 2.33 bits per heavy atom. The average Bonchev–Trinajstić information content (AvgIpc) is 1.99. The predicted molar refractivity (Wildman–Crippen MR) is 52.7 cm³/mol. The van der Waals surface area contributed by atoms with E-state index in [1.807, 2.05) is 6.26 Å². The van der Waals surface area contributed by atoms with E-state index in [4.69, 9.17) is 5.11 Å². The van der Waals surface area contributed by atoms with E-state index in [0.717, 1.165) is 5.75 Å². The fraction of sp³-hybridized carbons (Fsp3) is 0.875. The fourth-order valence-electron chi connectivity index (χ4n) is 0.823. The van der Waals surface area contributed by atoms with Gasteiger partial charge in [-0.15, -0.1) is 0 Å². The highest BCUT2D eigenvalue weighted by Crippen LogP contribution is 2.18. The van der Waals surface area contributed by atoms with Crippen molar-refractivity contribution in [3.8, 4) is 0 Å². The number of carboxylic acids is 1. The summed E-state index contributed by atoms with van der Waals surface area (Å²) in [5, 5.41) is 8.98. The minimum Gasteiger partial charge on any atom is -0.480 e. The van der Waals surface area contributed by atoms with E-state index in [-0.39, 0.29) is 0 Å². The Bertz CT molecular complexity index is 161. The van der Waals surface area contributed by atoms with Gasteiger partial charge in [-0.1, -0.05) is 0 Å². The first-order chi connectivity index (χ1) is 5.45. The quantitative estimate of drug-likeness (QED) is 0.707. The molecule has 0 fully saturated rings. The molecule has 0 saturated heterocycles. The molecule has 0 aliphatic rings. The van der Waals surface area contributed by atoms with Crippen LogP contribution in [0.25, 0.3) is 0 Å². The zero-order valence-corrected chi connectivity index (χ0v) is 8.94. The van der Waals surface area contributed by atoms with Crippen LogP contribution in [0.15, 0.2) is 0 Å². The van der Waals surface area contributed by atoms with Crippen molar-refractivity contribution in [1.29, 1.82) is 0 Å². The lowest BCUT2D eigenvalue weighted by Crippen LogP contribution is -2.48. The van der Waals surface area contributed by atoms with Crippen LogP contribution in [-0.4, -0.2) is 47.6 Å². The van der Waals surface area contributed by atoms with Gasteiger partial charge in [-0.25, -0.2) is 0 Å². The Balaban J connectivity index is 4.29. The van der Waals surface area contributed by atoms with Gasteiger partial charge in [0.1, 0.15) is 5.54 Å². The van der Waals surface area contributed by atoms with Gasteiger partial charge in [-0.05, 0) is 39.4 Å². The number of hydrogen-bond donors (Lipinski definition) is 1. The molecule has 0 saturated carbocycles. The van der Waals surface area contributed by atoms with Crippen LogP contribution in [0, 0.1) is 0 Å². The van der Waals surface area contributed by atoms with Gasteiger partial charge in [0.2, 0.25) is 0 Å². The number of carboxylic acid groups (broad SMARTS) is 1. The monoisotopic (exact) mass is 191 g/mol. The molecule has 72 valence electrons. The lowest BCUT2D eigenvalue weighted by atomic mass is 9.98. The minimum atomic E-state index is -0.749. The first-order valence-electron chi connectivity index (χ1n) is 3.85. The van der Waals surface area contributed by atoms with E-state index in [1.54, 1.807) is 37.7 Å². The van der Waals surface area contributed by atoms with Gasteiger partial charge in [0.25, 0.3) is 0 Å². The van der Waals surface area contributed by atoms with Gasteiger partial charge in [0.05, 0.1) is 0 Å². The van der Waals surface area contributed by atoms with Crippen LogP contribution in [-0.2, 0) is 4.79 Å². The van der Waals surface area contributed by atoms with Crippen LogP contribution in [0.1, 0.15) is 13.3 Å². The number of carbonyl (C=O) groups is 1. The normalized spacial score (nSPS) is 16.1. The van der Waals surface area contributed by atoms with Gasteiger partial charge < -0.3 is 5.11 Å². The van der Waals surface area contributed by atoms with Gasteiger partial charge >= 0.3 is 5.97 Å². The van der Waals surface area contributed by atoms with Crippen LogP contribution < -0.4 is 0 Å². The fourth-order valence-corrected chi connectivity index (χ4v) is 1.42. The highest BCUT2D eigenvalue weighted by atomic mass is 32.2. The molecule has 0 aromatic rings. The van der Waals surface area contributed by atoms with Crippen molar-refractivity contribution in [2.75, 3.05) is 26.1 Å². The molecular weight excluding hydrogens is 174 g/mol. The summed E-state index contributed by atoms with van der Waals surface area (Å²) in [6.07, 6.45) is 2.66. The zero-order valence-electron chi connectivity index (χ0n) is 8.13. The molecular formula is C8H17NO2S. The standard InChI is InChI=1S/C8H17NO2S/c1-8(7(10)11,9(2)3)5-6-12-4/h5-6H2,1-4H3,(H,10,11). The Morgan fingerprint density at radius 2 is 2.08 bits per heavy atom. The largest absolute Gasteiger partial charge is 0.480 e. The molecule has 1 atom stereocenters. The Labute approximate surface area is 78.1 Å². The Morgan fingerprint density at radius 1 is 1.58 bits per heavy atom. The number of likely N-dealkylation sites (N-methyl/N-ethyl adjacent to an activating group) is 1. The maximum absolute atomic E-state index is 10.9. The zero-order chi connectivity index (χ0) is 9.78. The molecule has 0 aliphatic heterocycles. The van der Waals surface area contributed by atoms with E-state index in [1.165, 1.54) is 0 Å². The van der Waals surface area contributed by atoms with Crippen molar-refractivity contribution < 1.29 is 9.90 Å². The van der Waals surface area contributed by atoms with Gasteiger partial charge in [-0.3, -0.25) is 9.69 Å². The lowest BCUT2D eigenvalue weighted by molar-refractivity contribution is -0.148. The summed E-state index contributed by atoms with van der Waals surface area (Å²) in [4.78, 5) is 12.7. The van der Waals surface area contributed by atoms with Crippen molar-refractivity contribution >= 4 is 17.7 Å². The smallest absolute Gasteiger partial charge is 0.323 e. The summed E-state index contributed by atoms with van der Waals surface area (Å²) in [5.74, 6) is 0.127. The van der Waals surface area contributed by atoms with Gasteiger partial charge in [-0.2, -0.15) is 11.8 Å². The van der Waals surface area contributed by atoms with E-state index < -0.39 is 11.5 Å². The third kappa shape index (κ3) is 2.68. The molecule has 0 rings (SSSR count). The SMILES string of the molecule is CSCCC(C)(C(=O)O)N(C)C. The number of nitrogens with zero attached hydrogens (tertiary/aromatic N) is 1. The first-order valence-corrected chi connectivity index (χ1v) is 5.24. The second kappa shape index (κ2) is 4.72. The molecule has 1 N–H and O–H groups in total. The second-order valence-corrected chi connectivity index (χ2v) is 4.20. The van der Waals surface area contributed by atoms with Crippen molar-refractivity contribution in [2.45, 2.75) is 18.9 Å². The van der Waals surface area contributed by atoms with Crippen LogP contribution in [0.2, 0.25) is 0 Å². The Kier molecular flexibility index (Phi) is 4.63. The van der Waals surface area contributed by atoms with Gasteiger partial charge in [0, 0.05) is 0 Å². The minimum absolute atomic E-state index is 0.677. The molecule has 0 radical (unpaired) electrons. The highest BCUT2D eigenvalue weighted by molar-refractivity contribution is 7.98. The Hall–Kier alpha value is -0.220. The van der Waals surface area contributed by atoms with E-state index in [0.29, 0.717) is 6.42 Å². The van der Waals surface area contributed by atoms with Gasteiger partial charge in [0.15, 0.2) is 0 Å². The lowest BCUT2D eigenvalue weighted by Gasteiger charge is -2.31. The maximum atomic E-state index is 10.9. The molecule has 0 aliphatic carbocycles. The molecule has 3 nitrogen and oxygen atoms in total. The summed E-state index contributed by atoms with van der Waals surface area (Å²) in [6, 6.07) is 0. The summed E-state index contributed by atoms with van der Waals surface area (Å²) in [7, 11) is 3.60. The summed E-state index contributed by atoms with van der Waals surface area (Å²) in [6.45, 7) is 1.76. The molecule has 1 unspecified atom stereocenters. The number of hydrogen-bond acceptors (Lipinski definition) is 3.